The molecule has 80 valence electrons. The highest BCUT2D eigenvalue weighted by atomic mass is 16.1. The molecule has 0 saturated heterocycles. The van der Waals surface area contributed by atoms with Crippen LogP contribution in [0.2, 0.25) is 0 Å². The zero-order valence-corrected chi connectivity index (χ0v) is 8.97. The first-order valence-electron chi connectivity index (χ1n) is 5.01. The van der Waals surface area contributed by atoms with Gasteiger partial charge in [0.25, 0.3) is 0 Å². The third kappa shape index (κ3) is 1.80. The number of aromatic nitrogens is 1. The van der Waals surface area contributed by atoms with Crippen molar-refractivity contribution in [1.29, 1.82) is 0 Å². The monoisotopic (exact) mass is 212 g/mol. The molecule has 2 rings (SSSR count). The summed E-state index contributed by atoms with van der Waals surface area (Å²) in [5.74, 6) is -0.418. The minimum absolute atomic E-state index is 0.418. The number of amides is 1. The lowest BCUT2D eigenvalue weighted by atomic mass is 9.98. The van der Waals surface area contributed by atoms with Crippen LogP contribution in [0.5, 0.6) is 0 Å². The number of carbonyl (C=O) groups excluding carboxylic acids is 1. The van der Waals surface area contributed by atoms with E-state index in [0.29, 0.717) is 5.56 Å². The number of aryl methyl sites for hydroxylation is 1. The Morgan fingerprint density at radius 2 is 1.81 bits per heavy atom. The standard InChI is InChI=1S/C13H12N2O/c1-9-10(7-4-8-15-9)11-5-2-3-6-12(11)13(14)16/h2-8H,1H3,(H2,14,16). The van der Waals surface area contributed by atoms with Gasteiger partial charge in [0.15, 0.2) is 0 Å². The van der Waals surface area contributed by atoms with Crippen LogP contribution in [0.1, 0.15) is 16.1 Å². The van der Waals surface area contributed by atoms with E-state index in [1.165, 1.54) is 0 Å². The Bertz CT molecular complexity index is 535. The highest BCUT2D eigenvalue weighted by Gasteiger charge is 2.10. The average molecular weight is 212 g/mol. The van der Waals surface area contributed by atoms with Gasteiger partial charge in [0.1, 0.15) is 0 Å². The molecule has 0 fully saturated rings. The molecule has 0 saturated carbocycles. The zero-order chi connectivity index (χ0) is 11.5. The van der Waals surface area contributed by atoms with Crippen molar-refractivity contribution in [1.82, 2.24) is 4.98 Å². The number of primary amides is 1. The third-order valence-electron chi connectivity index (χ3n) is 2.49. The lowest BCUT2D eigenvalue weighted by Gasteiger charge is -2.08. The van der Waals surface area contributed by atoms with Crippen LogP contribution < -0.4 is 5.73 Å². The fraction of sp³-hybridized carbons (Fsp3) is 0.0769. The minimum atomic E-state index is -0.418. The molecular weight excluding hydrogens is 200 g/mol. The Morgan fingerprint density at radius 1 is 1.12 bits per heavy atom. The predicted molar refractivity (Wildman–Crippen MR) is 62.9 cm³/mol. The smallest absolute Gasteiger partial charge is 0.249 e. The fourth-order valence-electron chi connectivity index (χ4n) is 1.70. The van der Waals surface area contributed by atoms with Gasteiger partial charge in [0.05, 0.1) is 0 Å². The van der Waals surface area contributed by atoms with Gasteiger partial charge in [-0.25, -0.2) is 0 Å². The van der Waals surface area contributed by atoms with Crippen molar-refractivity contribution < 1.29 is 4.79 Å². The number of rotatable bonds is 2. The molecule has 0 unspecified atom stereocenters. The summed E-state index contributed by atoms with van der Waals surface area (Å²) in [4.78, 5) is 15.5. The first kappa shape index (κ1) is 10.4. The summed E-state index contributed by atoms with van der Waals surface area (Å²) in [7, 11) is 0. The van der Waals surface area contributed by atoms with Crippen LogP contribution in [0.25, 0.3) is 11.1 Å². The van der Waals surface area contributed by atoms with Crippen molar-refractivity contribution in [2.75, 3.05) is 0 Å². The average Bonchev–Trinajstić information content (AvgIpc) is 2.29. The molecule has 3 heteroatoms. The van der Waals surface area contributed by atoms with Crippen molar-refractivity contribution in [3.8, 4) is 11.1 Å². The molecule has 0 radical (unpaired) electrons. The van der Waals surface area contributed by atoms with Gasteiger partial charge in [0, 0.05) is 23.0 Å². The van der Waals surface area contributed by atoms with E-state index in [4.69, 9.17) is 5.73 Å². The van der Waals surface area contributed by atoms with Crippen LogP contribution in [-0.2, 0) is 0 Å². The molecule has 1 amide bonds. The quantitative estimate of drug-likeness (QED) is 0.829. The summed E-state index contributed by atoms with van der Waals surface area (Å²) in [5.41, 5.74) is 8.53. The Morgan fingerprint density at radius 3 is 2.50 bits per heavy atom. The van der Waals surface area contributed by atoms with Crippen LogP contribution >= 0.6 is 0 Å². The third-order valence-corrected chi connectivity index (χ3v) is 2.49. The van der Waals surface area contributed by atoms with Crippen LogP contribution in [0.3, 0.4) is 0 Å². The highest BCUT2D eigenvalue weighted by Crippen LogP contribution is 2.25. The van der Waals surface area contributed by atoms with E-state index < -0.39 is 5.91 Å². The molecule has 3 nitrogen and oxygen atoms in total. The molecule has 2 N–H and O–H groups in total. The number of carbonyl (C=O) groups is 1. The van der Waals surface area contributed by atoms with E-state index in [1.807, 2.05) is 31.2 Å². The number of hydrogen-bond acceptors (Lipinski definition) is 2. The molecule has 0 atom stereocenters. The summed E-state index contributed by atoms with van der Waals surface area (Å²) in [6.45, 7) is 1.91. The molecule has 1 aromatic carbocycles. The van der Waals surface area contributed by atoms with Gasteiger partial charge in [-0.3, -0.25) is 9.78 Å². The molecule has 2 aromatic rings. The van der Waals surface area contributed by atoms with Gasteiger partial charge in [-0.2, -0.15) is 0 Å². The predicted octanol–water partition coefficient (Wildman–Crippen LogP) is 2.16. The van der Waals surface area contributed by atoms with Gasteiger partial charge in [-0.1, -0.05) is 24.3 Å². The molecule has 0 spiro atoms. The maximum absolute atomic E-state index is 11.3. The lowest BCUT2D eigenvalue weighted by molar-refractivity contribution is 0.100. The topological polar surface area (TPSA) is 56.0 Å². The largest absolute Gasteiger partial charge is 0.366 e. The number of nitrogens with two attached hydrogens (primary N) is 1. The van der Waals surface area contributed by atoms with Crippen LogP contribution in [-0.4, -0.2) is 10.9 Å². The molecule has 0 bridgehead atoms. The van der Waals surface area contributed by atoms with Gasteiger partial charge in [-0.15, -0.1) is 0 Å². The van der Waals surface area contributed by atoms with Crippen molar-refractivity contribution in [3.05, 3.63) is 53.9 Å². The zero-order valence-electron chi connectivity index (χ0n) is 8.97. The molecular formula is C13H12N2O. The summed E-state index contributed by atoms with van der Waals surface area (Å²) in [5, 5.41) is 0. The van der Waals surface area contributed by atoms with Crippen LogP contribution in [0.15, 0.2) is 42.6 Å². The molecule has 1 aromatic heterocycles. The van der Waals surface area contributed by atoms with Gasteiger partial charge in [-0.05, 0) is 24.6 Å². The van der Waals surface area contributed by atoms with Gasteiger partial charge >= 0.3 is 0 Å². The van der Waals surface area contributed by atoms with Crippen molar-refractivity contribution in [2.24, 2.45) is 5.73 Å². The summed E-state index contributed by atoms with van der Waals surface area (Å²) in [6, 6.07) is 11.1. The molecule has 0 aliphatic carbocycles. The SMILES string of the molecule is Cc1ncccc1-c1ccccc1C(N)=O. The van der Waals surface area contributed by atoms with Crippen molar-refractivity contribution >= 4 is 5.91 Å². The van der Waals surface area contributed by atoms with E-state index in [0.717, 1.165) is 16.8 Å². The highest BCUT2D eigenvalue weighted by molar-refractivity contribution is 6.00. The number of nitrogens with zero attached hydrogens (tertiary/aromatic N) is 1. The lowest BCUT2D eigenvalue weighted by Crippen LogP contribution is -2.12. The number of hydrogen-bond donors (Lipinski definition) is 1. The van der Waals surface area contributed by atoms with Crippen molar-refractivity contribution in [3.63, 3.8) is 0 Å². The van der Waals surface area contributed by atoms with Crippen molar-refractivity contribution in [2.45, 2.75) is 6.92 Å². The summed E-state index contributed by atoms with van der Waals surface area (Å²) < 4.78 is 0. The second kappa shape index (κ2) is 4.14. The Kier molecular flexibility index (Phi) is 2.68. The van der Waals surface area contributed by atoms with Crippen LogP contribution in [0, 0.1) is 6.92 Å². The number of pyridine rings is 1. The summed E-state index contributed by atoms with van der Waals surface area (Å²) >= 11 is 0. The number of benzene rings is 1. The maximum Gasteiger partial charge on any atom is 0.249 e. The van der Waals surface area contributed by atoms with E-state index in [1.54, 1.807) is 18.3 Å². The fourth-order valence-corrected chi connectivity index (χ4v) is 1.70. The molecule has 0 aliphatic rings. The normalized spacial score (nSPS) is 10.1. The Balaban J connectivity index is 2.65. The van der Waals surface area contributed by atoms with Gasteiger partial charge < -0.3 is 5.73 Å². The van der Waals surface area contributed by atoms with E-state index in [9.17, 15) is 4.79 Å². The molecule has 1 heterocycles. The minimum Gasteiger partial charge on any atom is -0.366 e. The molecule has 16 heavy (non-hydrogen) atoms. The first-order valence-corrected chi connectivity index (χ1v) is 5.01. The second-order valence-corrected chi connectivity index (χ2v) is 3.55. The van der Waals surface area contributed by atoms with E-state index in [2.05, 4.69) is 4.98 Å². The van der Waals surface area contributed by atoms with Gasteiger partial charge in [0.2, 0.25) is 5.91 Å². The molecule has 0 aliphatic heterocycles. The van der Waals surface area contributed by atoms with E-state index in [-0.39, 0.29) is 0 Å². The first-order chi connectivity index (χ1) is 7.70. The Labute approximate surface area is 93.9 Å². The summed E-state index contributed by atoms with van der Waals surface area (Å²) in [6.07, 6.45) is 1.73. The second-order valence-electron chi connectivity index (χ2n) is 3.55. The Hall–Kier alpha value is -2.16. The van der Waals surface area contributed by atoms with Crippen LogP contribution in [0.4, 0.5) is 0 Å². The van der Waals surface area contributed by atoms with E-state index >= 15 is 0 Å². The maximum atomic E-state index is 11.3.